The number of alkyl halides is 2. The van der Waals surface area contributed by atoms with Gasteiger partial charge >= 0.3 is 5.97 Å². The zero-order chi connectivity index (χ0) is 24.4. The third-order valence-corrected chi connectivity index (χ3v) is 6.57. The van der Waals surface area contributed by atoms with Crippen LogP contribution in [-0.4, -0.2) is 24.0 Å². The Labute approximate surface area is 202 Å². The number of aromatic nitrogens is 1. The van der Waals surface area contributed by atoms with Crippen LogP contribution in [0.5, 0.6) is 0 Å². The lowest BCUT2D eigenvalue weighted by Gasteiger charge is -2.32. The highest BCUT2D eigenvalue weighted by Gasteiger charge is 2.46. The van der Waals surface area contributed by atoms with Crippen LogP contribution in [0.3, 0.4) is 0 Å². The van der Waals surface area contributed by atoms with Crippen LogP contribution in [0.4, 0.5) is 8.78 Å². The van der Waals surface area contributed by atoms with Crippen LogP contribution in [0.2, 0.25) is 0 Å². The number of H-pyrrole nitrogens is 1. The minimum Gasteiger partial charge on any atom is -0.465 e. The number of hydrogen-bond acceptors (Lipinski definition) is 2. The van der Waals surface area contributed by atoms with Crippen molar-refractivity contribution in [3.8, 4) is 11.1 Å². The molecular weight excluding hydrogens is 444 g/mol. The molecule has 5 aromatic rings. The number of esters is 1. The molecule has 1 atom stereocenters. The lowest BCUT2D eigenvalue weighted by molar-refractivity contribution is -0.150. The second-order valence-electron chi connectivity index (χ2n) is 8.60. The number of para-hydroxylation sites is 1. The van der Waals surface area contributed by atoms with E-state index in [1.165, 1.54) is 0 Å². The first-order valence-electron chi connectivity index (χ1n) is 11.6. The minimum absolute atomic E-state index is 0.0985. The van der Waals surface area contributed by atoms with Gasteiger partial charge in [0.25, 0.3) is 0 Å². The van der Waals surface area contributed by atoms with Gasteiger partial charge in [0.15, 0.2) is 0 Å². The number of rotatable bonds is 7. The number of nitrogens with one attached hydrogen (secondary N) is 1. The molecule has 4 aromatic carbocycles. The van der Waals surface area contributed by atoms with Crippen LogP contribution in [0.25, 0.3) is 32.9 Å². The number of benzene rings is 4. The molecule has 3 nitrogen and oxygen atoms in total. The first-order chi connectivity index (χ1) is 17.0. The van der Waals surface area contributed by atoms with E-state index in [0.717, 1.165) is 32.9 Å². The lowest BCUT2D eigenvalue weighted by Crippen LogP contribution is -2.40. The summed E-state index contributed by atoms with van der Waals surface area (Å²) >= 11 is 0. The Bertz CT molecular complexity index is 1480. The molecule has 0 aliphatic rings. The third kappa shape index (κ3) is 4.08. The van der Waals surface area contributed by atoms with E-state index in [4.69, 9.17) is 4.74 Å². The Hall–Kier alpha value is -3.99. The quantitative estimate of drug-likeness (QED) is 0.251. The van der Waals surface area contributed by atoms with Gasteiger partial charge in [0.05, 0.1) is 6.61 Å². The Morgan fingerprint density at radius 1 is 0.800 bits per heavy atom. The number of ether oxygens (including phenoxy) is 1. The maximum atomic E-state index is 14.1. The van der Waals surface area contributed by atoms with Crippen LogP contribution in [-0.2, 0) is 14.9 Å². The summed E-state index contributed by atoms with van der Waals surface area (Å²) in [7, 11) is 0. The number of halogens is 2. The van der Waals surface area contributed by atoms with Crippen LogP contribution < -0.4 is 0 Å². The molecule has 1 N–H and O–H groups in total. The molecular formula is C30H25F2NO2. The van der Waals surface area contributed by atoms with E-state index in [1.54, 1.807) is 25.1 Å². The van der Waals surface area contributed by atoms with E-state index < -0.39 is 24.2 Å². The Kier molecular flexibility index (Phi) is 6.08. The molecule has 0 fully saturated rings. The monoisotopic (exact) mass is 469 g/mol. The summed E-state index contributed by atoms with van der Waals surface area (Å²) in [5, 5.41) is 1.85. The smallest absolute Gasteiger partial charge is 0.321 e. The zero-order valence-corrected chi connectivity index (χ0v) is 19.3. The van der Waals surface area contributed by atoms with Gasteiger partial charge in [-0.2, -0.15) is 0 Å². The topological polar surface area (TPSA) is 42.1 Å². The van der Waals surface area contributed by atoms with Crippen molar-refractivity contribution in [1.82, 2.24) is 4.98 Å². The second-order valence-corrected chi connectivity index (χ2v) is 8.60. The Morgan fingerprint density at radius 2 is 1.43 bits per heavy atom. The highest BCUT2D eigenvalue weighted by molar-refractivity contribution is 6.08. The summed E-state index contributed by atoms with van der Waals surface area (Å²) in [5.41, 5.74) is 3.10. The predicted molar refractivity (Wildman–Crippen MR) is 136 cm³/mol. The van der Waals surface area contributed by atoms with Crippen molar-refractivity contribution in [2.45, 2.75) is 25.2 Å². The molecule has 176 valence electrons. The number of hydrogen-bond donors (Lipinski definition) is 1. The average molecular weight is 470 g/mol. The molecule has 0 saturated carbocycles. The van der Waals surface area contributed by atoms with Crippen molar-refractivity contribution in [1.29, 1.82) is 0 Å². The maximum Gasteiger partial charge on any atom is 0.321 e. The minimum atomic E-state index is -2.72. The van der Waals surface area contributed by atoms with Gasteiger partial charge in [0.1, 0.15) is 5.41 Å². The number of fused-ring (bicyclic) bond motifs is 3. The van der Waals surface area contributed by atoms with Gasteiger partial charge in [-0.1, -0.05) is 78.9 Å². The van der Waals surface area contributed by atoms with Crippen LogP contribution in [0.15, 0.2) is 97.1 Å². The predicted octanol–water partition coefficient (Wildman–Crippen LogP) is 7.49. The van der Waals surface area contributed by atoms with Crippen molar-refractivity contribution in [2.75, 3.05) is 6.61 Å². The van der Waals surface area contributed by atoms with Crippen molar-refractivity contribution in [3.63, 3.8) is 0 Å². The van der Waals surface area contributed by atoms with E-state index in [2.05, 4.69) is 4.98 Å². The van der Waals surface area contributed by atoms with Gasteiger partial charge < -0.3 is 9.72 Å². The zero-order valence-electron chi connectivity index (χ0n) is 19.3. The fourth-order valence-corrected chi connectivity index (χ4v) is 4.90. The van der Waals surface area contributed by atoms with Crippen molar-refractivity contribution >= 4 is 27.8 Å². The molecule has 0 aliphatic heterocycles. The van der Waals surface area contributed by atoms with E-state index >= 15 is 0 Å². The average Bonchev–Trinajstić information content (AvgIpc) is 3.26. The second kappa shape index (κ2) is 9.34. The summed E-state index contributed by atoms with van der Waals surface area (Å²) in [6.45, 7) is 1.79. The largest absolute Gasteiger partial charge is 0.465 e. The molecule has 35 heavy (non-hydrogen) atoms. The normalized spacial score (nSPS) is 13.3. The SMILES string of the molecule is CCOC(=O)C(CC(F)F)(c1ccc(-c2ccccc2)cc1)c1ccc2[nH]c3ccccc3c2c1. The van der Waals surface area contributed by atoms with Gasteiger partial charge in [0, 0.05) is 28.2 Å². The number of carbonyl (C=O) groups is 1. The molecule has 0 amide bonds. The van der Waals surface area contributed by atoms with Gasteiger partial charge in [-0.05, 0) is 47.4 Å². The van der Waals surface area contributed by atoms with Crippen molar-refractivity contribution in [3.05, 3.63) is 108 Å². The third-order valence-electron chi connectivity index (χ3n) is 6.57. The summed E-state index contributed by atoms with van der Waals surface area (Å²) in [4.78, 5) is 16.9. The molecule has 1 heterocycles. The van der Waals surface area contributed by atoms with Gasteiger partial charge in [-0.25, -0.2) is 8.78 Å². The summed E-state index contributed by atoms with van der Waals surface area (Å²) in [5.74, 6) is -0.674. The summed E-state index contributed by atoms with van der Waals surface area (Å²) in [6, 6.07) is 30.3. The first-order valence-corrected chi connectivity index (χ1v) is 11.6. The molecule has 0 spiro atoms. The van der Waals surface area contributed by atoms with E-state index in [1.807, 2.05) is 78.9 Å². The molecule has 0 bridgehead atoms. The van der Waals surface area contributed by atoms with Gasteiger partial charge in [-0.3, -0.25) is 4.79 Å². The van der Waals surface area contributed by atoms with Gasteiger partial charge in [-0.15, -0.1) is 0 Å². The molecule has 0 saturated heterocycles. The summed E-state index contributed by atoms with van der Waals surface area (Å²) < 4.78 is 33.7. The Balaban J connectivity index is 1.72. The fourth-order valence-electron chi connectivity index (χ4n) is 4.90. The van der Waals surface area contributed by atoms with E-state index in [-0.39, 0.29) is 6.61 Å². The van der Waals surface area contributed by atoms with E-state index in [9.17, 15) is 13.6 Å². The fraction of sp³-hybridized carbons (Fsp3) is 0.167. The molecule has 5 heteroatoms. The Morgan fingerprint density at radius 3 is 2.14 bits per heavy atom. The molecule has 1 aromatic heterocycles. The van der Waals surface area contributed by atoms with Crippen molar-refractivity contribution < 1.29 is 18.3 Å². The molecule has 5 rings (SSSR count). The molecule has 0 radical (unpaired) electrons. The molecule has 0 aliphatic carbocycles. The van der Waals surface area contributed by atoms with Crippen molar-refractivity contribution in [2.24, 2.45) is 0 Å². The first kappa shape index (κ1) is 22.8. The lowest BCUT2D eigenvalue weighted by atomic mass is 9.71. The highest BCUT2D eigenvalue weighted by Crippen LogP contribution is 2.42. The maximum absolute atomic E-state index is 14.1. The van der Waals surface area contributed by atoms with Crippen LogP contribution >= 0.6 is 0 Å². The highest BCUT2D eigenvalue weighted by atomic mass is 19.3. The number of aromatic amines is 1. The van der Waals surface area contributed by atoms with E-state index in [0.29, 0.717) is 11.1 Å². The van der Waals surface area contributed by atoms with Gasteiger partial charge in [0.2, 0.25) is 6.43 Å². The standard InChI is InChI=1S/C30H25F2NO2/c1-2-35-29(34)30(19-28(31)32,22-14-12-21(13-15-22)20-8-4-3-5-9-20)23-16-17-27-25(18-23)24-10-6-7-11-26(24)33-27/h3-18,28,33H,2,19H2,1H3. The number of carbonyl (C=O) groups excluding carboxylic acids is 1. The van der Waals surface area contributed by atoms with Crippen LogP contribution in [0.1, 0.15) is 24.5 Å². The summed E-state index contributed by atoms with van der Waals surface area (Å²) in [6.07, 6.45) is -3.39. The van der Waals surface area contributed by atoms with Crippen LogP contribution in [0, 0.1) is 0 Å². The molecule has 1 unspecified atom stereocenters.